The molecule has 2 N–H and O–H groups in total. The molecule has 3 unspecified atom stereocenters. The van der Waals surface area contributed by atoms with Gasteiger partial charge >= 0.3 is 0 Å². The molecule has 1 aliphatic carbocycles. The van der Waals surface area contributed by atoms with E-state index in [1.54, 1.807) is 11.8 Å². The predicted molar refractivity (Wildman–Crippen MR) is 113 cm³/mol. The van der Waals surface area contributed by atoms with Crippen molar-refractivity contribution in [2.45, 2.75) is 50.8 Å². The van der Waals surface area contributed by atoms with Crippen LogP contribution in [-0.2, 0) is 9.59 Å². The van der Waals surface area contributed by atoms with Crippen LogP contribution in [0.5, 0.6) is 0 Å². The van der Waals surface area contributed by atoms with Crippen LogP contribution in [-0.4, -0.2) is 29.7 Å². The lowest BCUT2D eigenvalue weighted by atomic mass is 9.84. The van der Waals surface area contributed by atoms with Gasteiger partial charge in [0, 0.05) is 28.8 Å². The van der Waals surface area contributed by atoms with Gasteiger partial charge in [-0.05, 0) is 55.4 Å². The van der Waals surface area contributed by atoms with Gasteiger partial charge in [-0.3, -0.25) is 9.59 Å². The van der Waals surface area contributed by atoms with Crippen molar-refractivity contribution < 1.29 is 9.59 Å². The molecule has 2 aliphatic rings. The molecular formula is C21H27ClN2O2S. The summed E-state index contributed by atoms with van der Waals surface area (Å²) in [5, 5.41) is 7.16. The molecule has 1 aromatic carbocycles. The van der Waals surface area contributed by atoms with Crippen LogP contribution >= 0.6 is 23.4 Å². The highest BCUT2D eigenvalue weighted by atomic mass is 35.5. The van der Waals surface area contributed by atoms with E-state index in [4.69, 9.17) is 11.6 Å². The Morgan fingerprint density at radius 2 is 2.22 bits per heavy atom. The smallest absolute Gasteiger partial charge is 0.257 e. The van der Waals surface area contributed by atoms with Crippen molar-refractivity contribution in [2.24, 2.45) is 11.8 Å². The van der Waals surface area contributed by atoms with Gasteiger partial charge in [-0.2, -0.15) is 0 Å². The van der Waals surface area contributed by atoms with E-state index in [1.807, 2.05) is 30.3 Å². The second-order valence-corrected chi connectivity index (χ2v) is 9.50. The Morgan fingerprint density at radius 1 is 1.41 bits per heavy atom. The summed E-state index contributed by atoms with van der Waals surface area (Å²) >= 11 is 7.67. The van der Waals surface area contributed by atoms with E-state index in [-0.39, 0.29) is 23.8 Å². The minimum absolute atomic E-state index is 0.00206. The molecule has 1 aromatic rings. The molecule has 0 radical (unpaired) electrons. The lowest BCUT2D eigenvalue weighted by Gasteiger charge is -2.39. The summed E-state index contributed by atoms with van der Waals surface area (Å²) < 4.78 is 0. The third-order valence-corrected chi connectivity index (χ3v) is 6.80. The summed E-state index contributed by atoms with van der Waals surface area (Å²) in [5.74, 6) is 0.660. The number of fused-ring (bicyclic) bond motifs is 1. The van der Waals surface area contributed by atoms with E-state index >= 15 is 0 Å². The Morgan fingerprint density at radius 3 is 2.96 bits per heavy atom. The van der Waals surface area contributed by atoms with Crippen LogP contribution < -0.4 is 10.6 Å². The number of hydrogen-bond acceptors (Lipinski definition) is 3. The van der Waals surface area contributed by atoms with Crippen molar-refractivity contribution in [3.63, 3.8) is 0 Å². The summed E-state index contributed by atoms with van der Waals surface area (Å²) in [5.41, 5.74) is 0.928. The molecule has 1 saturated heterocycles. The second-order valence-electron chi connectivity index (χ2n) is 7.78. The Bertz CT molecular complexity index is 735. The number of carbonyl (C=O) groups is 2. The SMILES string of the molecule is CC(C)CCNC(=O)C1CCC2S/C(=C/c3cccc(Cl)c3)C(=O)NC2C1. The standard InChI is InChI=1S/C21H27ClN2O2S/c1-13(2)8-9-23-20(25)15-6-7-18-17(12-15)24-21(26)19(27-18)11-14-4-3-5-16(22)10-14/h3-5,10-11,13,15,17-18H,6-9,12H2,1-2H3,(H,23,25)(H,24,26)/b19-11+. The zero-order valence-corrected chi connectivity index (χ0v) is 17.4. The molecule has 0 bridgehead atoms. The van der Waals surface area contributed by atoms with E-state index in [2.05, 4.69) is 24.5 Å². The molecule has 1 saturated carbocycles. The number of nitrogens with one attached hydrogen (secondary N) is 2. The van der Waals surface area contributed by atoms with Crippen molar-refractivity contribution in [1.29, 1.82) is 0 Å². The van der Waals surface area contributed by atoms with E-state index in [0.717, 1.165) is 42.7 Å². The number of hydrogen-bond donors (Lipinski definition) is 2. The fourth-order valence-corrected chi connectivity index (χ4v) is 5.10. The van der Waals surface area contributed by atoms with Gasteiger partial charge in [0.15, 0.2) is 0 Å². The van der Waals surface area contributed by atoms with Gasteiger partial charge in [0.25, 0.3) is 5.91 Å². The van der Waals surface area contributed by atoms with Gasteiger partial charge in [-0.25, -0.2) is 0 Å². The third-order valence-electron chi connectivity index (χ3n) is 5.14. The maximum absolute atomic E-state index is 12.5. The van der Waals surface area contributed by atoms with Gasteiger partial charge in [0.05, 0.1) is 4.91 Å². The van der Waals surface area contributed by atoms with Gasteiger partial charge in [-0.15, -0.1) is 11.8 Å². The number of thioether (sulfide) groups is 1. The fourth-order valence-electron chi connectivity index (χ4n) is 3.61. The van der Waals surface area contributed by atoms with E-state index in [1.165, 1.54) is 0 Å². The molecule has 1 aliphatic heterocycles. The van der Waals surface area contributed by atoms with Crippen LogP contribution in [0.2, 0.25) is 5.02 Å². The zero-order chi connectivity index (χ0) is 19.4. The van der Waals surface area contributed by atoms with Gasteiger partial charge in [-0.1, -0.05) is 37.6 Å². The highest BCUT2D eigenvalue weighted by Crippen LogP contribution is 2.40. The van der Waals surface area contributed by atoms with E-state index in [0.29, 0.717) is 16.2 Å². The van der Waals surface area contributed by atoms with Crippen LogP contribution in [0, 0.1) is 11.8 Å². The van der Waals surface area contributed by atoms with Gasteiger partial charge < -0.3 is 10.6 Å². The highest BCUT2D eigenvalue weighted by Gasteiger charge is 2.39. The van der Waals surface area contributed by atoms with Crippen LogP contribution in [0.1, 0.15) is 45.1 Å². The number of halogens is 1. The fraction of sp³-hybridized carbons (Fsp3) is 0.524. The molecule has 4 nitrogen and oxygen atoms in total. The summed E-state index contributed by atoms with van der Waals surface area (Å²) in [6.07, 6.45) is 5.43. The molecule has 2 fully saturated rings. The van der Waals surface area contributed by atoms with Gasteiger partial charge in [0.1, 0.15) is 0 Å². The first kappa shape index (κ1) is 20.3. The quantitative estimate of drug-likeness (QED) is 0.719. The molecular weight excluding hydrogens is 380 g/mol. The Labute approximate surface area is 170 Å². The average molecular weight is 407 g/mol. The molecule has 27 heavy (non-hydrogen) atoms. The van der Waals surface area contributed by atoms with Crippen LogP contribution in [0.15, 0.2) is 29.2 Å². The molecule has 3 atom stereocenters. The van der Waals surface area contributed by atoms with Crippen molar-refractivity contribution in [2.75, 3.05) is 6.54 Å². The molecule has 146 valence electrons. The number of benzene rings is 1. The molecule has 2 amide bonds. The minimum atomic E-state index is -0.0536. The van der Waals surface area contributed by atoms with Crippen molar-refractivity contribution in [3.8, 4) is 0 Å². The molecule has 0 aromatic heterocycles. The summed E-state index contributed by atoms with van der Waals surface area (Å²) in [7, 11) is 0. The highest BCUT2D eigenvalue weighted by molar-refractivity contribution is 8.04. The molecule has 0 spiro atoms. The van der Waals surface area contributed by atoms with Gasteiger partial charge in [0.2, 0.25) is 5.91 Å². The summed E-state index contributed by atoms with van der Waals surface area (Å²) in [6, 6.07) is 7.56. The van der Waals surface area contributed by atoms with Crippen LogP contribution in [0.25, 0.3) is 6.08 Å². The predicted octanol–water partition coefficient (Wildman–Crippen LogP) is 4.24. The summed E-state index contributed by atoms with van der Waals surface area (Å²) in [6.45, 7) is 5.04. The van der Waals surface area contributed by atoms with Crippen molar-refractivity contribution in [1.82, 2.24) is 10.6 Å². The first-order valence-corrected chi connectivity index (χ1v) is 10.9. The lowest BCUT2D eigenvalue weighted by molar-refractivity contribution is -0.127. The zero-order valence-electron chi connectivity index (χ0n) is 15.8. The topological polar surface area (TPSA) is 58.2 Å². The summed E-state index contributed by atoms with van der Waals surface area (Å²) in [4.78, 5) is 25.7. The monoisotopic (exact) mass is 406 g/mol. The van der Waals surface area contributed by atoms with Crippen LogP contribution in [0.3, 0.4) is 0 Å². The maximum atomic E-state index is 12.5. The van der Waals surface area contributed by atoms with E-state index in [9.17, 15) is 9.59 Å². The number of rotatable bonds is 5. The first-order valence-electron chi connectivity index (χ1n) is 9.65. The minimum Gasteiger partial charge on any atom is -0.356 e. The lowest BCUT2D eigenvalue weighted by Crippen LogP contribution is -2.51. The second kappa shape index (κ2) is 9.16. The Hall–Kier alpha value is -1.46. The largest absolute Gasteiger partial charge is 0.356 e. The van der Waals surface area contributed by atoms with Crippen molar-refractivity contribution >= 4 is 41.3 Å². The Balaban J connectivity index is 1.58. The van der Waals surface area contributed by atoms with E-state index < -0.39 is 0 Å². The maximum Gasteiger partial charge on any atom is 0.257 e. The molecule has 3 rings (SSSR count). The average Bonchev–Trinajstić information content (AvgIpc) is 2.61. The van der Waals surface area contributed by atoms with Crippen molar-refractivity contribution in [3.05, 3.63) is 39.8 Å². The number of amides is 2. The first-order chi connectivity index (χ1) is 12.9. The Kier molecular flexibility index (Phi) is 6.88. The molecule has 6 heteroatoms. The van der Waals surface area contributed by atoms with Crippen LogP contribution in [0.4, 0.5) is 0 Å². The normalized spacial score (nSPS) is 26.6. The third kappa shape index (κ3) is 5.52. The number of carbonyl (C=O) groups excluding carboxylic acids is 2. The molecule has 1 heterocycles.